The van der Waals surface area contributed by atoms with E-state index >= 15 is 0 Å². The molecule has 2 aromatic heterocycles. The highest BCUT2D eigenvalue weighted by Gasteiger charge is 2.47. The van der Waals surface area contributed by atoms with Gasteiger partial charge in [0, 0.05) is 12.2 Å². The molecule has 0 spiro atoms. The number of primary amides is 1. The quantitative estimate of drug-likeness (QED) is 0.437. The van der Waals surface area contributed by atoms with Gasteiger partial charge in [-0.15, -0.1) is 0 Å². The number of hydrogen-bond donors (Lipinski definition) is 3. The zero-order valence-electron chi connectivity index (χ0n) is 18.0. The molecule has 4 atom stereocenters. The van der Waals surface area contributed by atoms with Crippen molar-refractivity contribution in [2.24, 2.45) is 23.5 Å². The van der Waals surface area contributed by atoms with Gasteiger partial charge in [-0.3, -0.25) is 9.48 Å². The lowest BCUT2D eigenvalue weighted by Crippen LogP contribution is -2.41. The van der Waals surface area contributed by atoms with Crippen molar-refractivity contribution in [3.63, 3.8) is 0 Å². The number of anilines is 3. The highest BCUT2D eigenvalue weighted by atomic mass is 35.5. The van der Waals surface area contributed by atoms with Gasteiger partial charge in [0.2, 0.25) is 11.9 Å². The molecule has 2 heterocycles. The summed E-state index contributed by atoms with van der Waals surface area (Å²) in [5.41, 5.74) is 7.48. The second kappa shape index (κ2) is 8.74. The molecule has 2 bridgehead atoms. The third-order valence-corrected chi connectivity index (χ3v) is 6.48. The van der Waals surface area contributed by atoms with Crippen LogP contribution in [0, 0.1) is 17.8 Å². The van der Waals surface area contributed by atoms with E-state index in [1.54, 1.807) is 13.3 Å². The topological polar surface area (TPSA) is 120 Å². The number of benzene rings is 1. The van der Waals surface area contributed by atoms with Gasteiger partial charge in [0.1, 0.15) is 10.8 Å². The van der Waals surface area contributed by atoms with Crippen LogP contribution >= 0.6 is 11.6 Å². The van der Waals surface area contributed by atoms with Crippen LogP contribution in [0.15, 0.2) is 55.0 Å². The third kappa shape index (κ3) is 4.36. The van der Waals surface area contributed by atoms with Gasteiger partial charge in [-0.1, -0.05) is 35.9 Å². The zero-order chi connectivity index (χ0) is 22.9. The average molecular weight is 466 g/mol. The molecule has 0 radical (unpaired) electrons. The minimum atomic E-state index is -0.309. The van der Waals surface area contributed by atoms with E-state index in [1.807, 2.05) is 35.1 Å². The molecule has 10 heteroatoms. The predicted molar refractivity (Wildman–Crippen MR) is 125 cm³/mol. The van der Waals surface area contributed by atoms with Crippen molar-refractivity contribution in [3.8, 4) is 5.75 Å². The maximum Gasteiger partial charge on any atom is 0.229 e. The smallest absolute Gasteiger partial charge is 0.229 e. The molecule has 0 unspecified atom stereocenters. The van der Waals surface area contributed by atoms with Crippen molar-refractivity contribution in [2.45, 2.75) is 19.0 Å². The minimum absolute atomic E-state index is 0.136. The van der Waals surface area contributed by atoms with Crippen LogP contribution in [0.4, 0.5) is 17.5 Å². The van der Waals surface area contributed by atoms with Crippen molar-refractivity contribution in [2.75, 3.05) is 17.7 Å². The number of ether oxygens (including phenoxy) is 1. The number of hydrogen-bond acceptors (Lipinski definition) is 7. The molecule has 1 fully saturated rings. The summed E-state index contributed by atoms with van der Waals surface area (Å²) >= 11 is 6.35. The number of halogens is 1. The molecule has 0 aliphatic heterocycles. The Labute approximate surface area is 196 Å². The predicted octanol–water partition coefficient (Wildman–Crippen LogP) is 3.21. The van der Waals surface area contributed by atoms with Crippen molar-refractivity contribution in [3.05, 3.63) is 65.6 Å². The highest BCUT2D eigenvalue weighted by Crippen LogP contribution is 2.45. The lowest BCUT2D eigenvalue weighted by atomic mass is 9.88. The first-order valence-corrected chi connectivity index (χ1v) is 11.1. The molecule has 5 rings (SSSR count). The van der Waals surface area contributed by atoms with Crippen LogP contribution in [-0.4, -0.2) is 38.8 Å². The van der Waals surface area contributed by atoms with E-state index in [-0.39, 0.29) is 29.7 Å². The Balaban J connectivity index is 1.29. The molecule has 1 saturated carbocycles. The summed E-state index contributed by atoms with van der Waals surface area (Å²) in [6.07, 6.45) is 10.2. The molecular weight excluding hydrogens is 442 g/mol. The van der Waals surface area contributed by atoms with Crippen molar-refractivity contribution in [1.82, 2.24) is 19.7 Å². The Kier molecular flexibility index (Phi) is 5.63. The monoisotopic (exact) mass is 465 g/mol. The lowest BCUT2D eigenvalue weighted by molar-refractivity contribution is -0.122. The lowest BCUT2D eigenvalue weighted by Gasteiger charge is -2.27. The number of allylic oxidation sites excluding steroid dienone is 1. The van der Waals surface area contributed by atoms with E-state index < -0.39 is 0 Å². The minimum Gasteiger partial charge on any atom is -0.497 e. The van der Waals surface area contributed by atoms with Gasteiger partial charge in [0.25, 0.3) is 0 Å². The average Bonchev–Trinajstić information content (AvgIpc) is 3.53. The van der Waals surface area contributed by atoms with Crippen LogP contribution in [0.1, 0.15) is 12.0 Å². The number of amides is 1. The number of rotatable bonds is 8. The van der Waals surface area contributed by atoms with Crippen LogP contribution in [0.5, 0.6) is 5.75 Å². The van der Waals surface area contributed by atoms with Crippen LogP contribution in [-0.2, 0) is 11.3 Å². The molecule has 4 N–H and O–H groups in total. The Hall–Kier alpha value is -3.59. The van der Waals surface area contributed by atoms with Crippen molar-refractivity contribution in [1.29, 1.82) is 0 Å². The zero-order valence-corrected chi connectivity index (χ0v) is 18.7. The molecular formula is C23H24ClN7O2. The van der Waals surface area contributed by atoms with E-state index in [0.29, 0.717) is 23.3 Å². The Morgan fingerprint density at radius 1 is 1.30 bits per heavy atom. The van der Waals surface area contributed by atoms with Crippen LogP contribution in [0.3, 0.4) is 0 Å². The van der Waals surface area contributed by atoms with Gasteiger partial charge in [0.15, 0.2) is 5.82 Å². The molecule has 33 heavy (non-hydrogen) atoms. The van der Waals surface area contributed by atoms with Gasteiger partial charge >= 0.3 is 0 Å². The first kappa shape index (κ1) is 21.3. The Morgan fingerprint density at radius 2 is 2.15 bits per heavy atom. The normalized spacial score (nSPS) is 23.0. The first-order valence-electron chi connectivity index (χ1n) is 10.7. The third-order valence-electron chi connectivity index (χ3n) is 6.20. The number of methoxy groups -OCH3 is 1. The fourth-order valence-corrected chi connectivity index (χ4v) is 4.84. The molecule has 1 amide bonds. The number of carbonyl (C=O) groups excluding carboxylic acids is 1. The number of nitrogens with zero attached hydrogens (tertiary/aromatic N) is 4. The summed E-state index contributed by atoms with van der Waals surface area (Å²) in [6.45, 7) is 0.597. The first-order chi connectivity index (χ1) is 16.0. The van der Waals surface area contributed by atoms with Crippen LogP contribution in [0.2, 0.25) is 5.02 Å². The van der Waals surface area contributed by atoms with Gasteiger partial charge in [-0.2, -0.15) is 10.1 Å². The van der Waals surface area contributed by atoms with Crippen LogP contribution in [0.25, 0.3) is 0 Å². The Morgan fingerprint density at radius 3 is 2.97 bits per heavy atom. The second-order valence-corrected chi connectivity index (χ2v) is 8.75. The molecule has 2 aliphatic carbocycles. The summed E-state index contributed by atoms with van der Waals surface area (Å²) in [5, 5.41) is 11.3. The molecule has 1 aromatic carbocycles. The number of nitrogens with two attached hydrogens (primary N) is 1. The van der Waals surface area contributed by atoms with Crippen LogP contribution < -0.4 is 21.1 Å². The standard InChI is InChI=1S/C23H24ClN7O2/c1-33-17-4-2-3-13(7-17)11-31-12-16(9-27-31)28-23-26-10-18(24)22(30-23)29-20-15-6-5-14(8-15)19(20)21(25)32/h2-7,9-10,12,14-15,19-20H,8,11H2,1H3,(H2,25,32)(H2,26,28,29,30)/t14-,15+,19+,20-/m1/s1. The summed E-state index contributed by atoms with van der Waals surface area (Å²) < 4.78 is 7.09. The molecule has 0 saturated heterocycles. The summed E-state index contributed by atoms with van der Waals surface area (Å²) in [7, 11) is 1.65. The summed E-state index contributed by atoms with van der Waals surface area (Å²) in [6, 6.07) is 7.70. The van der Waals surface area contributed by atoms with Gasteiger partial charge in [0.05, 0.1) is 37.7 Å². The van der Waals surface area contributed by atoms with Crippen molar-refractivity contribution >= 4 is 35.0 Å². The van der Waals surface area contributed by atoms with Gasteiger partial charge < -0.3 is 21.1 Å². The molecule has 170 valence electrons. The Bertz CT molecular complexity index is 1210. The number of fused-ring (bicyclic) bond motifs is 2. The second-order valence-electron chi connectivity index (χ2n) is 8.34. The molecule has 3 aromatic rings. The summed E-state index contributed by atoms with van der Waals surface area (Å²) in [5.74, 6) is 1.45. The number of nitrogens with one attached hydrogen (secondary N) is 2. The SMILES string of the molecule is COc1cccc(Cn2cc(Nc3ncc(Cl)c(N[C@H]4[C@@H](C(N)=O)[C@@H]5C=C[C@H]4C5)n3)cn2)c1. The largest absolute Gasteiger partial charge is 0.497 e. The molecule has 2 aliphatic rings. The summed E-state index contributed by atoms with van der Waals surface area (Å²) in [4.78, 5) is 20.8. The van der Waals surface area contributed by atoms with E-state index in [9.17, 15) is 4.79 Å². The number of carbonyl (C=O) groups is 1. The molecule has 9 nitrogen and oxygen atoms in total. The van der Waals surface area contributed by atoms with Gasteiger partial charge in [-0.05, 0) is 36.0 Å². The fourth-order valence-electron chi connectivity index (χ4n) is 4.69. The maximum absolute atomic E-state index is 12.0. The van der Waals surface area contributed by atoms with E-state index in [2.05, 4.69) is 37.9 Å². The van der Waals surface area contributed by atoms with E-state index in [0.717, 1.165) is 23.4 Å². The highest BCUT2D eigenvalue weighted by molar-refractivity contribution is 6.32. The fraction of sp³-hybridized carbons (Fsp3) is 0.304. The van der Waals surface area contributed by atoms with Crippen molar-refractivity contribution < 1.29 is 9.53 Å². The number of aromatic nitrogens is 4. The maximum atomic E-state index is 12.0. The van der Waals surface area contributed by atoms with E-state index in [4.69, 9.17) is 22.1 Å². The van der Waals surface area contributed by atoms with Gasteiger partial charge in [-0.25, -0.2) is 4.98 Å². The van der Waals surface area contributed by atoms with E-state index in [1.165, 1.54) is 6.20 Å².